The van der Waals surface area contributed by atoms with Crippen molar-refractivity contribution in [2.45, 2.75) is 20.0 Å². The molecule has 0 aliphatic carbocycles. The molecule has 8 nitrogen and oxygen atoms in total. The van der Waals surface area contributed by atoms with Gasteiger partial charge in [-0.3, -0.25) is 19.0 Å². The zero-order valence-corrected chi connectivity index (χ0v) is 8.91. The van der Waals surface area contributed by atoms with Crippen molar-refractivity contribution >= 4 is 11.8 Å². The maximum absolute atomic E-state index is 11.6. The number of nitrogens with zero attached hydrogens (tertiary/aromatic N) is 2. The Morgan fingerprint density at radius 1 is 1.29 bits per heavy atom. The van der Waals surface area contributed by atoms with Gasteiger partial charge in [-0.25, -0.2) is 9.36 Å². The topological polar surface area (TPSA) is 119 Å². The van der Waals surface area contributed by atoms with Crippen LogP contribution in [0.4, 0.5) is 0 Å². The second kappa shape index (κ2) is 4.64. The number of hydrogen-bond donors (Lipinski definition) is 2. The molecule has 0 radical (unpaired) electrons. The number of carbonyl (C=O) groups excluding carboxylic acids is 1. The number of Topliss-reactive ketones (excluding diaryl/α,β-unsaturated/α-hetero) is 1. The number of aromatic hydroxyl groups is 1. The molecule has 0 atom stereocenters. The van der Waals surface area contributed by atoms with Crippen LogP contribution < -0.4 is 11.2 Å². The molecule has 0 bridgehead atoms. The standard InChI is InChI=1S/C9H10N2O6/c1-5(12)2-11-8(16)6(13)3-10(9(11)17)4-7(14)15/h3,13H,2,4H2,1H3,(H,14,15). The SMILES string of the molecule is CC(=O)Cn1c(=O)c(O)cn(CC(=O)O)c1=O. The molecule has 0 saturated heterocycles. The largest absolute Gasteiger partial charge is 0.502 e. The number of aromatic nitrogens is 2. The Morgan fingerprint density at radius 2 is 1.88 bits per heavy atom. The molecule has 2 N–H and O–H groups in total. The van der Waals surface area contributed by atoms with Crippen LogP contribution >= 0.6 is 0 Å². The zero-order valence-electron chi connectivity index (χ0n) is 8.91. The summed E-state index contributed by atoms with van der Waals surface area (Å²) in [6.45, 7) is -0.0479. The normalized spacial score (nSPS) is 10.2. The highest BCUT2D eigenvalue weighted by molar-refractivity contribution is 5.75. The maximum atomic E-state index is 11.6. The summed E-state index contributed by atoms with van der Waals surface area (Å²) in [5, 5.41) is 17.8. The minimum absolute atomic E-state index is 0.461. The molecule has 0 fully saturated rings. The van der Waals surface area contributed by atoms with E-state index in [2.05, 4.69) is 0 Å². The lowest BCUT2D eigenvalue weighted by molar-refractivity contribution is -0.137. The highest BCUT2D eigenvalue weighted by atomic mass is 16.4. The average molecular weight is 242 g/mol. The van der Waals surface area contributed by atoms with Crippen LogP contribution in [0.1, 0.15) is 6.92 Å². The van der Waals surface area contributed by atoms with Crippen LogP contribution in [-0.4, -0.2) is 31.1 Å². The van der Waals surface area contributed by atoms with E-state index < -0.39 is 41.8 Å². The summed E-state index contributed by atoms with van der Waals surface area (Å²) < 4.78 is 1.13. The van der Waals surface area contributed by atoms with Crippen molar-refractivity contribution in [2.75, 3.05) is 0 Å². The predicted octanol–water partition coefficient (Wildman–Crippen LogP) is -1.61. The molecule has 92 valence electrons. The Labute approximate surface area is 94.3 Å². The third-order valence-electron chi connectivity index (χ3n) is 1.91. The van der Waals surface area contributed by atoms with Crippen molar-refractivity contribution in [2.24, 2.45) is 0 Å². The summed E-state index contributed by atoms with van der Waals surface area (Å²) in [6.07, 6.45) is 0.732. The van der Waals surface area contributed by atoms with Crippen LogP contribution in [0.15, 0.2) is 15.8 Å². The number of carboxylic acids is 1. The number of rotatable bonds is 4. The highest BCUT2D eigenvalue weighted by Gasteiger charge is 2.13. The van der Waals surface area contributed by atoms with Crippen LogP contribution in [0.2, 0.25) is 0 Å². The summed E-state index contributed by atoms with van der Waals surface area (Å²) in [7, 11) is 0. The van der Waals surface area contributed by atoms with E-state index in [1.165, 1.54) is 0 Å². The lowest BCUT2D eigenvalue weighted by Crippen LogP contribution is -2.41. The number of ketones is 1. The van der Waals surface area contributed by atoms with Gasteiger partial charge in [0.05, 0.1) is 12.7 Å². The monoisotopic (exact) mass is 242 g/mol. The molecular weight excluding hydrogens is 232 g/mol. The quantitative estimate of drug-likeness (QED) is 0.655. The van der Waals surface area contributed by atoms with Crippen LogP contribution in [0.25, 0.3) is 0 Å². The third kappa shape index (κ3) is 2.80. The first-order valence-electron chi connectivity index (χ1n) is 4.57. The second-order valence-electron chi connectivity index (χ2n) is 3.41. The van der Waals surface area contributed by atoms with Crippen molar-refractivity contribution in [1.82, 2.24) is 9.13 Å². The number of carboxylic acid groups (broad SMARTS) is 1. The van der Waals surface area contributed by atoms with Crippen molar-refractivity contribution in [3.8, 4) is 5.75 Å². The molecule has 1 rings (SSSR count). The highest BCUT2D eigenvalue weighted by Crippen LogP contribution is 1.96. The Morgan fingerprint density at radius 3 is 2.35 bits per heavy atom. The van der Waals surface area contributed by atoms with Gasteiger partial charge < -0.3 is 10.2 Å². The molecular formula is C9H10N2O6. The number of hydrogen-bond acceptors (Lipinski definition) is 5. The molecule has 1 aromatic rings. The second-order valence-corrected chi connectivity index (χ2v) is 3.41. The van der Waals surface area contributed by atoms with Gasteiger partial charge in [0.15, 0.2) is 5.75 Å². The molecule has 1 aromatic heterocycles. The first-order chi connectivity index (χ1) is 7.82. The Kier molecular flexibility index (Phi) is 3.46. The minimum Gasteiger partial charge on any atom is -0.502 e. The first kappa shape index (κ1) is 12.7. The molecule has 0 spiro atoms. The fraction of sp³-hybridized carbons (Fsp3) is 0.333. The average Bonchev–Trinajstić information content (AvgIpc) is 2.20. The van der Waals surface area contributed by atoms with E-state index in [1.807, 2.05) is 0 Å². The maximum Gasteiger partial charge on any atom is 0.332 e. The summed E-state index contributed by atoms with van der Waals surface area (Å²) in [5.74, 6) is -2.55. The smallest absolute Gasteiger partial charge is 0.332 e. The van der Waals surface area contributed by atoms with Gasteiger partial charge in [-0.1, -0.05) is 0 Å². The van der Waals surface area contributed by atoms with E-state index >= 15 is 0 Å². The van der Waals surface area contributed by atoms with Crippen LogP contribution in [0.5, 0.6) is 5.75 Å². The van der Waals surface area contributed by atoms with E-state index in [0.717, 1.165) is 13.1 Å². The Bertz CT molecular complexity index is 582. The van der Waals surface area contributed by atoms with Crippen molar-refractivity contribution in [3.05, 3.63) is 27.0 Å². The van der Waals surface area contributed by atoms with Gasteiger partial charge in [-0.15, -0.1) is 0 Å². The van der Waals surface area contributed by atoms with Crippen LogP contribution in [0, 0.1) is 0 Å². The van der Waals surface area contributed by atoms with E-state index in [-0.39, 0.29) is 0 Å². The summed E-state index contributed by atoms with van der Waals surface area (Å²) in [6, 6.07) is 0. The summed E-state index contributed by atoms with van der Waals surface area (Å²) >= 11 is 0. The molecule has 0 aliphatic rings. The molecule has 0 aliphatic heterocycles. The first-order valence-corrected chi connectivity index (χ1v) is 4.57. The lowest BCUT2D eigenvalue weighted by Gasteiger charge is -2.07. The molecule has 17 heavy (non-hydrogen) atoms. The fourth-order valence-corrected chi connectivity index (χ4v) is 1.26. The van der Waals surface area contributed by atoms with Gasteiger partial charge in [0.25, 0.3) is 5.56 Å². The van der Waals surface area contributed by atoms with Crippen molar-refractivity contribution in [1.29, 1.82) is 0 Å². The van der Waals surface area contributed by atoms with Gasteiger partial charge in [-0.2, -0.15) is 0 Å². The fourth-order valence-electron chi connectivity index (χ4n) is 1.26. The lowest BCUT2D eigenvalue weighted by atomic mass is 10.4. The van der Waals surface area contributed by atoms with Crippen molar-refractivity contribution in [3.63, 3.8) is 0 Å². The predicted molar refractivity (Wildman–Crippen MR) is 54.9 cm³/mol. The van der Waals surface area contributed by atoms with Gasteiger partial charge in [0, 0.05) is 0 Å². The zero-order chi connectivity index (χ0) is 13.2. The Hall–Kier alpha value is -2.38. The molecule has 0 amide bonds. The van der Waals surface area contributed by atoms with E-state index in [9.17, 15) is 24.3 Å². The third-order valence-corrected chi connectivity index (χ3v) is 1.91. The molecule has 1 heterocycles. The van der Waals surface area contributed by atoms with Crippen molar-refractivity contribution < 1.29 is 19.8 Å². The van der Waals surface area contributed by atoms with E-state index in [0.29, 0.717) is 9.13 Å². The molecule has 8 heteroatoms. The van der Waals surface area contributed by atoms with E-state index in [1.54, 1.807) is 0 Å². The summed E-state index contributed by atoms with van der Waals surface area (Å²) in [4.78, 5) is 44.3. The summed E-state index contributed by atoms with van der Waals surface area (Å²) in [5.41, 5.74) is -1.97. The van der Waals surface area contributed by atoms with Gasteiger partial charge in [0.2, 0.25) is 0 Å². The molecule has 0 aromatic carbocycles. The minimum atomic E-state index is -1.31. The van der Waals surface area contributed by atoms with Crippen LogP contribution in [-0.2, 0) is 22.7 Å². The number of aliphatic carboxylic acids is 1. The molecule has 0 saturated carbocycles. The Balaban J connectivity index is 3.43. The molecule has 0 unspecified atom stereocenters. The van der Waals surface area contributed by atoms with E-state index in [4.69, 9.17) is 5.11 Å². The number of carbonyl (C=O) groups is 2. The van der Waals surface area contributed by atoms with Gasteiger partial charge >= 0.3 is 11.7 Å². The van der Waals surface area contributed by atoms with Crippen LogP contribution in [0.3, 0.4) is 0 Å². The van der Waals surface area contributed by atoms with Gasteiger partial charge in [0.1, 0.15) is 12.3 Å². The van der Waals surface area contributed by atoms with Gasteiger partial charge in [-0.05, 0) is 6.92 Å².